The molecule has 1 aliphatic rings. The van der Waals surface area contributed by atoms with Crippen molar-refractivity contribution in [3.05, 3.63) is 0 Å². The number of nitrogens with zero attached hydrogens (tertiary/aromatic N) is 1. The van der Waals surface area contributed by atoms with E-state index in [1.165, 1.54) is 103 Å². The van der Waals surface area contributed by atoms with E-state index >= 15 is 0 Å². The van der Waals surface area contributed by atoms with Crippen molar-refractivity contribution in [1.82, 2.24) is 4.90 Å². The van der Waals surface area contributed by atoms with Crippen LogP contribution in [0.15, 0.2) is 0 Å². The highest BCUT2D eigenvalue weighted by Gasteiger charge is 2.28. The summed E-state index contributed by atoms with van der Waals surface area (Å²) in [5.74, 6) is 0. The van der Waals surface area contributed by atoms with Crippen molar-refractivity contribution in [2.45, 2.75) is 123 Å². The highest BCUT2D eigenvalue weighted by molar-refractivity contribution is 4.80. The normalized spacial score (nSPS) is 18.2. The zero-order valence-corrected chi connectivity index (χ0v) is 17.0. The minimum atomic E-state index is 0.577. The van der Waals surface area contributed by atoms with Crippen LogP contribution in [0, 0.1) is 0 Å². The average Bonchev–Trinajstić information content (AvgIpc) is 3.40. The highest BCUT2D eigenvalue weighted by atomic mass is 16.6. The lowest BCUT2D eigenvalue weighted by Gasteiger charge is -2.29. The van der Waals surface area contributed by atoms with E-state index in [4.69, 9.17) is 4.74 Å². The Morgan fingerprint density at radius 2 is 1.21 bits per heavy atom. The molecule has 1 saturated heterocycles. The third kappa shape index (κ3) is 11.5. The number of ether oxygens (including phenoxy) is 1. The Morgan fingerprint density at radius 3 is 1.62 bits per heavy atom. The SMILES string of the molecule is CCCCCCCCCCCCCCC(CC1CO1)N(CC)CC. The second-order valence-electron chi connectivity index (χ2n) is 7.74. The van der Waals surface area contributed by atoms with Crippen molar-refractivity contribution in [2.24, 2.45) is 0 Å². The summed E-state index contributed by atoms with van der Waals surface area (Å²) in [6.07, 6.45) is 20.5. The van der Waals surface area contributed by atoms with Crippen LogP contribution in [0.3, 0.4) is 0 Å². The van der Waals surface area contributed by atoms with Gasteiger partial charge < -0.3 is 9.64 Å². The highest BCUT2D eigenvalue weighted by Crippen LogP contribution is 2.23. The van der Waals surface area contributed by atoms with Gasteiger partial charge in [0.1, 0.15) is 0 Å². The Labute approximate surface area is 152 Å². The second kappa shape index (κ2) is 15.2. The summed E-state index contributed by atoms with van der Waals surface area (Å²) >= 11 is 0. The van der Waals surface area contributed by atoms with E-state index in [1.54, 1.807) is 0 Å². The van der Waals surface area contributed by atoms with Crippen LogP contribution in [-0.4, -0.2) is 36.7 Å². The maximum Gasteiger partial charge on any atom is 0.0824 e. The Kier molecular flexibility index (Phi) is 13.9. The van der Waals surface area contributed by atoms with E-state index in [1.807, 2.05) is 0 Å². The minimum absolute atomic E-state index is 0.577. The number of hydrogen-bond acceptors (Lipinski definition) is 2. The molecule has 1 rings (SSSR count). The molecule has 0 saturated carbocycles. The number of epoxide rings is 1. The molecule has 0 aromatic heterocycles. The average molecular weight is 340 g/mol. The Morgan fingerprint density at radius 1 is 0.750 bits per heavy atom. The lowest BCUT2D eigenvalue weighted by Crippen LogP contribution is -2.36. The molecular formula is C22H45NO. The predicted octanol–water partition coefficient (Wildman–Crippen LogP) is 6.58. The van der Waals surface area contributed by atoms with Crippen molar-refractivity contribution in [3.8, 4) is 0 Å². The van der Waals surface area contributed by atoms with Crippen molar-refractivity contribution < 1.29 is 4.74 Å². The van der Waals surface area contributed by atoms with Crippen LogP contribution in [0.1, 0.15) is 111 Å². The maximum atomic E-state index is 5.46. The fraction of sp³-hybridized carbons (Fsp3) is 1.00. The first kappa shape index (κ1) is 22.0. The fourth-order valence-electron chi connectivity index (χ4n) is 3.92. The molecule has 0 spiro atoms. The van der Waals surface area contributed by atoms with Crippen LogP contribution in [0.25, 0.3) is 0 Å². The molecular weight excluding hydrogens is 294 g/mol. The topological polar surface area (TPSA) is 15.8 Å². The third-order valence-electron chi connectivity index (χ3n) is 5.66. The van der Waals surface area contributed by atoms with E-state index < -0.39 is 0 Å². The Hall–Kier alpha value is -0.0800. The van der Waals surface area contributed by atoms with Gasteiger partial charge in [0.15, 0.2) is 0 Å². The molecule has 0 N–H and O–H groups in total. The largest absolute Gasteiger partial charge is 0.373 e. The monoisotopic (exact) mass is 339 g/mol. The molecule has 144 valence electrons. The van der Waals surface area contributed by atoms with E-state index in [-0.39, 0.29) is 0 Å². The van der Waals surface area contributed by atoms with Crippen LogP contribution in [-0.2, 0) is 4.74 Å². The van der Waals surface area contributed by atoms with Crippen molar-refractivity contribution in [2.75, 3.05) is 19.7 Å². The standard InChI is InChI=1S/C22H45NO/c1-4-7-8-9-10-11-12-13-14-15-16-17-18-21(19-22-20-24-22)23(5-2)6-3/h21-22H,4-20H2,1-3H3. The van der Waals surface area contributed by atoms with Crippen molar-refractivity contribution in [3.63, 3.8) is 0 Å². The molecule has 0 aromatic carbocycles. The van der Waals surface area contributed by atoms with Gasteiger partial charge in [-0.3, -0.25) is 0 Å². The van der Waals surface area contributed by atoms with Gasteiger partial charge in [0, 0.05) is 6.04 Å². The first-order valence-electron chi connectivity index (χ1n) is 11.2. The molecule has 1 aliphatic heterocycles. The van der Waals surface area contributed by atoms with Gasteiger partial charge in [-0.25, -0.2) is 0 Å². The molecule has 2 unspecified atom stereocenters. The van der Waals surface area contributed by atoms with Crippen LogP contribution in [0.2, 0.25) is 0 Å². The quantitative estimate of drug-likeness (QED) is 0.207. The molecule has 2 atom stereocenters. The summed E-state index contributed by atoms with van der Waals surface area (Å²) in [5, 5.41) is 0. The molecule has 0 amide bonds. The Balaban J connectivity index is 1.91. The first-order valence-corrected chi connectivity index (χ1v) is 11.2. The third-order valence-corrected chi connectivity index (χ3v) is 5.66. The zero-order valence-electron chi connectivity index (χ0n) is 17.0. The summed E-state index contributed by atoms with van der Waals surface area (Å²) in [6, 6.07) is 0.760. The molecule has 0 aliphatic carbocycles. The summed E-state index contributed by atoms with van der Waals surface area (Å²) in [4.78, 5) is 2.64. The molecule has 1 heterocycles. The lowest BCUT2D eigenvalue weighted by atomic mass is 10.0. The van der Waals surface area contributed by atoms with Crippen LogP contribution in [0.4, 0.5) is 0 Å². The minimum Gasteiger partial charge on any atom is -0.373 e. The zero-order chi connectivity index (χ0) is 17.5. The molecule has 0 aromatic rings. The van der Waals surface area contributed by atoms with Gasteiger partial charge in [0.25, 0.3) is 0 Å². The molecule has 24 heavy (non-hydrogen) atoms. The summed E-state index contributed by atoms with van der Waals surface area (Å²) in [7, 11) is 0. The first-order chi connectivity index (χ1) is 11.8. The van der Waals surface area contributed by atoms with Gasteiger partial charge in [-0.15, -0.1) is 0 Å². The molecule has 2 nitrogen and oxygen atoms in total. The summed E-state index contributed by atoms with van der Waals surface area (Å²) in [5.41, 5.74) is 0. The van der Waals surface area contributed by atoms with E-state index in [9.17, 15) is 0 Å². The fourth-order valence-corrected chi connectivity index (χ4v) is 3.92. The number of rotatable bonds is 18. The summed E-state index contributed by atoms with van der Waals surface area (Å²) < 4.78 is 5.46. The second-order valence-corrected chi connectivity index (χ2v) is 7.74. The smallest absolute Gasteiger partial charge is 0.0824 e. The number of unbranched alkanes of at least 4 members (excludes halogenated alkanes) is 11. The predicted molar refractivity (Wildman–Crippen MR) is 107 cm³/mol. The van der Waals surface area contributed by atoms with Crippen LogP contribution < -0.4 is 0 Å². The Bertz CT molecular complexity index is 261. The van der Waals surface area contributed by atoms with Crippen LogP contribution in [0.5, 0.6) is 0 Å². The molecule has 0 radical (unpaired) electrons. The van der Waals surface area contributed by atoms with Crippen molar-refractivity contribution in [1.29, 1.82) is 0 Å². The molecule has 0 bridgehead atoms. The van der Waals surface area contributed by atoms with Crippen LogP contribution >= 0.6 is 0 Å². The van der Waals surface area contributed by atoms with Gasteiger partial charge in [-0.1, -0.05) is 97.8 Å². The van der Waals surface area contributed by atoms with Crippen molar-refractivity contribution >= 4 is 0 Å². The van der Waals surface area contributed by atoms with E-state index in [2.05, 4.69) is 25.7 Å². The van der Waals surface area contributed by atoms with Gasteiger partial charge in [-0.05, 0) is 25.9 Å². The van der Waals surface area contributed by atoms with E-state index in [0.717, 1.165) is 12.6 Å². The molecule has 1 fully saturated rings. The maximum absolute atomic E-state index is 5.46. The number of hydrogen-bond donors (Lipinski definition) is 0. The van der Waals surface area contributed by atoms with Gasteiger partial charge in [0.05, 0.1) is 12.7 Å². The van der Waals surface area contributed by atoms with E-state index in [0.29, 0.717) is 6.10 Å². The van der Waals surface area contributed by atoms with Gasteiger partial charge >= 0.3 is 0 Å². The lowest BCUT2D eigenvalue weighted by molar-refractivity contribution is 0.179. The summed E-state index contributed by atoms with van der Waals surface area (Å²) in [6.45, 7) is 10.3. The van der Waals surface area contributed by atoms with Gasteiger partial charge in [-0.2, -0.15) is 0 Å². The van der Waals surface area contributed by atoms with Gasteiger partial charge in [0.2, 0.25) is 0 Å². The molecule has 2 heteroatoms.